The van der Waals surface area contributed by atoms with Gasteiger partial charge in [0.2, 0.25) is 0 Å². The SMILES string of the molecule is Cc1cc(N2CCN(C(C)c3ccc(Cl)cc3)CC2)ccn1. The number of pyridine rings is 1. The van der Waals surface area contributed by atoms with Crippen molar-refractivity contribution in [1.29, 1.82) is 0 Å². The summed E-state index contributed by atoms with van der Waals surface area (Å²) in [5.41, 5.74) is 3.69. The minimum absolute atomic E-state index is 0.429. The average Bonchev–Trinajstić information content (AvgIpc) is 2.55. The fraction of sp³-hybridized carbons (Fsp3) is 0.389. The predicted molar refractivity (Wildman–Crippen MR) is 92.6 cm³/mol. The number of aryl methyl sites for hydroxylation is 1. The first-order valence-corrected chi connectivity index (χ1v) is 8.18. The van der Waals surface area contributed by atoms with Gasteiger partial charge in [0.15, 0.2) is 0 Å². The van der Waals surface area contributed by atoms with Gasteiger partial charge in [0.05, 0.1) is 0 Å². The molecule has 4 heteroatoms. The molecule has 0 radical (unpaired) electrons. The van der Waals surface area contributed by atoms with E-state index < -0.39 is 0 Å². The van der Waals surface area contributed by atoms with Gasteiger partial charge in [-0.2, -0.15) is 0 Å². The second-order valence-electron chi connectivity index (χ2n) is 5.91. The largest absolute Gasteiger partial charge is 0.369 e. The molecule has 1 aromatic heterocycles. The minimum Gasteiger partial charge on any atom is -0.369 e. The summed E-state index contributed by atoms with van der Waals surface area (Å²) in [6.45, 7) is 8.58. The summed E-state index contributed by atoms with van der Waals surface area (Å²) < 4.78 is 0. The van der Waals surface area contributed by atoms with Crippen molar-refractivity contribution in [2.45, 2.75) is 19.9 Å². The summed E-state index contributed by atoms with van der Waals surface area (Å²) >= 11 is 5.98. The third-order valence-corrected chi connectivity index (χ3v) is 4.71. The van der Waals surface area contributed by atoms with Crippen LogP contribution >= 0.6 is 11.6 Å². The Hall–Kier alpha value is -1.58. The van der Waals surface area contributed by atoms with Crippen LogP contribution in [0.5, 0.6) is 0 Å². The van der Waals surface area contributed by atoms with Crippen LogP contribution in [0.1, 0.15) is 24.2 Å². The van der Waals surface area contributed by atoms with Crippen molar-refractivity contribution in [2.75, 3.05) is 31.1 Å². The van der Waals surface area contributed by atoms with E-state index in [1.54, 1.807) is 0 Å². The molecule has 1 fully saturated rings. The van der Waals surface area contributed by atoms with Gasteiger partial charge in [-0.3, -0.25) is 9.88 Å². The Kier molecular flexibility index (Phi) is 4.65. The second-order valence-corrected chi connectivity index (χ2v) is 6.34. The van der Waals surface area contributed by atoms with E-state index in [-0.39, 0.29) is 0 Å². The number of anilines is 1. The van der Waals surface area contributed by atoms with E-state index in [4.69, 9.17) is 11.6 Å². The molecule has 0 aliphatic carbocycles. The molecule has 1 aromatic carbocycles. The molecule has 0 saturated carbocycles. The topological polar surface area (TPSA) is 19.4 Å². The molecule has 2 heterocycles. The molecule has 1 saturated heterocycles. The maximum Gasteiger partial charge on any atom is 0.0406 e. The van der Waals surface area contributed by atoms with Crippen LogP contribution in [0.15, 0.2) is 42.6 Å². The summed E-state index contributed by atoms with van der Waals surface area (Å²) in [5.74, 6) is 0. The van der Waals surface area contributed by atoms with Gasteiger partial charge < -0.3 is 4.90 Å². The second kappa shape index (κ2) is 6.67. The maximum atomic E-state index is 5.98. The van der Waals surface area contributed by atoms with Gasteiger partial charge in [0.25, 0.3) is 0 Å². The van der Waals surface area contributed by atoms with Gasteiger partial charge in [-0.05, 0) is 43.7 Å². The molecule has 1 aliphatic heterocycles. The Labute approximate surface area is 137 Å². The van der Waals surface area contributed by atoms with Gasteiger partial charge in [0, 0.05) is 54.8 Å². The number of rotatable bonds is 3. The molecule has 3 nitrogen and oxygen atoms in total. The lowest BCUT2D eigenvalue weighted by Crippen LogP contribution is -2.47. The Morgan fingerprint density at radius 2 is 1.73 bits per heavy atom. The smallest absolute Gasteiger partial charge is 0.0406 e. The molecule has 3 rings (SSSR count). The number of aromatic nitrogens is 1. The quantitative estimate of drug-likeness (QED) is 0.855. The predicted octanol–water partition coefficient (Wildman–Crippen LogP) is 3.93. The highest BCUT2D eigenvalue weighted by atomic mass is 35.5. The lowest BCUT2D eigenvalue weighted by Gasteiger charge is -2.39. The van der Waals surface area contributed by atoms with Crippen molar-refractivity contribution in [3.05, 3.63) is 58.9 Å². The van der Waals surface area contributed by atoms with Crippen molar-refractivity contribution in [1.82, 2.24) is 9.88 Å². The fourth-order valence-electron chi connectivity index (χ4n) is 3.05. The monoisotopic (exact) mass is 315 g/mol. The van der Waals surface area contributed by atoms with Crippen LogP contribution in [0, 0.1) is 6.92 Å². The van der Waals surface area contributed by atoms with Gasteiger partial charge in [-0.15, -0.1) is 0 Å². The highest BCUT2D eigenvalue weighted by molar-refractivity contribution is 6.30. The Morgan fingerprint density at radius 1 is 1.05 bits per heavy atom. The number of hydrogen-bond donors (Lipinski definition) is 0. The summed E-state index contributed by atoms with van der Waals surface area (Å²) in [5, 5.41) is 0.800. The lowest BCUT2D eigenvalue weighted by atomic mass is 10.1. The van der Waals surface area contributed by atoms with E-state index in [0.29, 0.717) is 6.04 Å². The minimum atomic E-state index is 0.429. The zero-order valence-corrected chi connectivity index (χ0v) is 13.9. The number of benzene rings is 1. The Bertz CT molecular complexity index is 618. The molecule has 1 atom stereocenters. The Balaban J connectivity index is 1.62. The van der Waals surface area contributed by atoms with Crippen molar-refractivity contribution in [3.8, 4) is 0 Å². The molecule has 0 bridgehead atoms. The van der Waals surface area contributed by atoms with E-state index in [1.807, 2.05) is 25.3 Å². The maximum absolute atomic E-state index is 5.98. The van der Waals surface area contributed by atoms with Crippen LogP contribution in [-0.2, 0) is 0 Å². The zero-order valence-electron chi connectivity index (χ0n) is 13.2. The van der Waals surface area contributed by atoms with Gasteiger partial charge in [-0.1, -0.05) is 23.7 Å². The number of nitrogens with zero attached hydrogens (tertiary/aromatic N) is 3. The fourth-order valence-corrected chi connectivity index (χ4v) is 3.17. The molecule has 22 heavy (non-hydrogen) atoms. The molecule has 1 aliphatic rings. The van der Waals surface area contributed by atoms with E-state index in [1.165, 1.54) is 11.3 Å². The standard InChI is InChI=1S/C18H22ClN3/c1-14-13-18(7-8-20-14)22-11-9-21(10-12-22)15(2)16-3-5-17(19)6-4-16/h3-8,13,15H,9-12H2,1-2H3. The first-order valence-electron chi connectivity index (χ1n) is 7.80. The van der Waals surface area contributed by atoms with Crippen molar-refractivity contribution < 1.29 is 0 Å². The third kappa shape index (κ3) is 3.42. The van der Waals surface area contributed by atoms with E-state index >= 15 is 0 Å². The molecule has 2 aromatic rings. The molecular weight excluding hydrogens is 294 g/mol. The summed E-state index contributed by atoms with van der Waals surface area (Å²) in [7, 11) is 0. The van der Waals surface area contributed by atoms with Crippen LogP contribution in [0.25, 0.3) is 0 Å². The Morgan fingerprint density at radius 3 is 2.36 bits per heavy atom. The number of piperazine rings is 1. The highest BCUT2D eigenvalue weighted by Gasteiger charge is 2.22. The van der Waals surface area contributed by atoms with Crippen LogP contribution < -0.4 is 4.90 Å². The number of halogens is 1. The van der Waals surface area contributed by atoms with E-state index in [2.05, 4.69) is 46.0 Å². The normalized spacial score (nSPS) is 17.5. The molecular formula is C18H22ClN3. The zero-order chi connectivity index (χ0) is 15.5. The van der Waals surface area contributed by atoms with Crippen molar-refractivity contribution in [3.63, 3.8) is 0 Å². The molecule has 0 amide bonds. The summed E-state index contributed by atoms with van der Waals surface area (Å²) in [6.07, 6.45) is 1.90. The van der Waals surface area contributed by atoms with Crippen molar-refractivity contribution in [2.24, 2.45) is 0 Å². The highest BCUT2D eigenvalue weighted by Crippen LogP contribution is 2.24. The van der Waals surface area contributed by atoms with Crippen molar-refractivity contribution >= 4 is 17.3 Å². The van der Waals surface area contributed by atoms with Gasteiger partial charge in [0.1, 0.15) is 0 Å². The first-order chi connectivity index (χ1) is 10.6. The molecule has 0 N–H and O–H groups in total. The van der Waals surface area contributed by atoms with Crippen LogP contribution in [0.4, 0.5) is 5.69 Å². The van der Waals surface area contributed by atoms with Gasteiger partial charge in [-0.25, -0.2) is 0 Å². The van der Waals surface area contributed by atoms with E-state index in [9.17, 15) is 0 Å². The summed E-state index contributed by atoms with van der Waals surface area (Å²) in [4.78, 5) is 9.26. The van der Waals surface area contributed by atoms with Crippen LogP contribution in [-0.4, -0.2) is 36.1 Å². The van der Waals surface area contributed by atoms with E-state index in [0.717, 1.165) is 36.9 Å². The lowest BCUT2D eigenvalue weighted by molar-refractivity contribution is 0.198. The molecule has 116 valence electrons. The van der Waals surface area contributed by atoms with Crippen LogP contribution in [0.2, 0.25) is 5.02 Å². The third-order valence-electron chi connectivity index (χ3n) is 4.46. The molecule has 1 unspecified atom stereocenters. The average molecular weight is 316 g/mol. The molecule has 0 spiro atoms. The number of hydrogen-bond acceptors (Lipinski definition) is 3. The first kappa shape index (κ1) is 15.3. The van der Waals surface area contributed by atoms with Crippen LogP contribution in [0.3, 0.4) is 0 Å². The summed E-state index contributed by atoms with van der Waals surface area (Å²) in [6, 6.07) is 12.9. The van der Waals surface area contributed by atoms with Gasteiger partial charge >= 0.3 is 0 Å².